The van der Waals surface area contributed by atoms with Gasteiger partial charge in [0.2, 0.25) is 5.88 Å². The summed E-state index contributed by atoms with van der Waals surface area (Å²) in [6.45, 7) is 9.01. The molecule has 13 heteroatoms. The highest BCUT2D eigenvalue weighted by Crippen LogP contribution is 2.40. The second kappa shape index (κ2) is 11.3. The number of hydrogen-bond acceptors (Lipinski definition) is 8. The van der Waals surface area contributed by atoms with E-state index in [2.05, 4.69) is 33.9 Å². The number of hydrogen-bond donors (Lipinski definition) is 3. The Balaban J connectivity index is 1.66. The number of carbonyl (C=O) groups excluding carboxylic acids is 1. The van der Waals surface area contributed by atoms with E-state index in [-0.39, 0.29) is 17.3 Å². The summed E-state index contributed by atoms with van der Waals surface area (Å²) in [6.07, 6.45) is 1.82. The summed E-state index contributed by atoms with van der Waals surface area (Å²) in [5, 5.41) is 15.6. The molecule has 0 radical (unpaired) electrons. The fraction of sp³-hybridized carbons (Fsp3) is 0.556. The number of pyridine rings is 1. The van der Waals surface area contributed by atoms with Crippen molar-refractivity contribution in [2.45, 2.75) is 65.6 Å². The molecule has 1 saturated heterocycles. The highest BCUT2D eigenvalue weighted by molar-refractivity contribution is 8.02. The summed E-state index contributed by atoms with van der Waals surface area (Å²) in [5.41, 5.74) is -1.58. The van der Waals surface area contributed by atoms with Crippen LogP contribution in [-0.4, -0.2) is 57.8 Å². The molecule has 2 aliphatic heterocycles. The minimum atomic E-state index is -4.41. The predicted octanol–water partition coefficient (Wildman–Crippen LogP) is 5.48. The number of ether oxygens (including phenoxy) is 1. The number of nitrogens with one attached hydrogen (secondary N) is 3. The fourth-order valence-corrected chi connectivity index (χ4v) is 5.39. The van der Waals surface area contributed by atoms with Gasteiger partial charge in [0.1, 0.15) is 12.4 Å². The van der Waals surface area contributed by atoms with Gasteiger partial charge in [-0.1, -0.05) is 0 Å². The van der Waals surface area contributed by atoms with E-state index in [1.165, 1.54) is 10.7 Å². The number of carbonyl (C=O) groups is 1. The molecule has 0 spiro atoms. The highest BCUT2D eigenvalue weighted by atomic mass is 32.2. The molecule has 0 aromatic carbocycles. The van der Waals surface area contributed by atoms with Crippen LogP contribution >= 0.6 is 11.9 Å². The lowest BCUT2D eigenvalue weighted by atomic mass is 9.93. The third-order valence-electron chi connectivity index (χ3n) is 7.26. The first-order valence-corrected chi connectivity index (χ1v) is 14.0. The normalized spacial score (nSPS) is 21.4. The summed E-state index contributed by atoms with van der Waals surface area (Å²) < 4.78 is 49.3. The van der Waals surface area contributed by atoms with Crippen LogP contribution in [0.4, 0.5) is 19.0 Å². The Hall–Kier alpha value is -3.22. The van der Waals surface area contributed by atoms with E-state index in [9.17, 15) is 18.0 Å². The maximum Gasteiger partial charge on any atom is 0.397 e. The zero-order valence-electron chi connectivity index (χ0n) is 23.4. The van der Waals surface area contributed by atoms with Crippen molar-refractivity contribution >= 4 is 29.4 Å². The summed E-state index contributed by atoms with van der Waals surface area (Å²) in [7, 11) is 0. The van der Waals surface area contributed by atoms with Crippen LogP contribution in [0, 0.1) is 16.7 Å². The molecule has 0 aliphatic carbocycles. The molecule has 2 bridgehead atoms. The van der Waals surface area contributed by atoms with E-state index in [0.29, 0.717) is 33.7 Å². The number of anilines is 1. The monoisotopic (exact) mass is 579 g/mol. The second-order valence-corrected chi connectivity index (χ2v) is 12.4. The molecule has 3 N–H and O–H groups in total. The molecule has 2 aliphatic rings. The first-order valence-electron chi connectivity index (χ1n) is 13.2. The summed E-state index contributed by atoms with van der Waals surface area (Å²) in [5.74, 6) is 1.02. The van der Waals surface area contributed by atoms with E-state index in [4.69, 9.17) is 15.1 Å². The number of nitrogens with zero attached hydrogens (tertiary/aromatic N) is 4. The van der Waals surface area contributed by atoms with Crippen molar-refractivity contribution < 1.29 is 22.7 Å². The molecule has 1 fully saturated rings. The molecule has 4 heterocycles. The number of halogens is 3. The van der Waals surface area contributed by atoms with Gasteiger partial charge in [-0.3, -0.25) is 9.52 Å². The van der Waals surface area contributed by atoms with Crippen molar-refractivity contribution in [2.75, 3.05) is 24.6 Å². The summed E-state index contributed by atoms with van der Waals surface area (Å²) in [6, 6.07) is 4.81. The minimum absolute atomic E-state index is 0.0462. The van der Waals surface area contributed by atoms with E-state index in [0.717, 1.165) is 58.1 Å². The standard InChI is InChI=1S/C27H36F3N7O2S/c1-17(31)20-14-32-11-6-7-18-13-26(4,5)36(15-18)23-19(24(38)35-40-20)8-9-21(33-23)37-12-10-22(34-37)39-16-25(2,3)27(28,29)30/h8-10,12,14,18,31-32H,6-7,11,13,15-16H2,1-5H3,(H,35,38)/b20-14+,31-17?. The number of allylic oxidation sites excluding steroid dienone is 1. The molecule has 2 aromatic heterocycles. The number of rotatable bonds is 5. The van der Waals surface area contributed by atoms with Gasteiger partial charge in [-0.05, 0) is 83.9 Å². The zero-order chi connectivity index (χ0) is 29.3. The Kier molecular flexibility index (Phi) is 8.44. The van der Waals surface area contributed by atoms with Crippen LogP contribution < -0.4 is 19.7 Å². The third kappa shape index (κ3) is 6.56. The van der Waals surface area contributed by atoms with Crippen molar-refractivity contribution in [1.29, 1.82) is 5.41 Å². The average Bonchev–Trinajstić information content (AvgIpc) is 3.46. The fourth-order valence-electron chi connectivity index (χ4n) is 4.78. The topological polar surface area (TPSA) is 108 Å². The molecular weight excluding hydrogens is 543 g/mol. The molecule has 2 aromatic rings. The van der Waals surface area contributed by atoms with Crippen molar-refractivity contribution in [3.63, 3.8) is 0 Å². The molecule has 40 heavy (non-hydrogen) atoms. The largest absolute Gasteiger partial charge is 0.476 e. The second-order valence-electron chi connectivity index (χ2n) is 11.6. The van der Waals surface area contributed by atoms with Crippen LogP contribution in [0.3, 0.4) is 0 Å². The van der Waals surface area contributed by atoms with Crippen molar-refractivity contribution in [3.8, 4) is 11.7 Å². The number of alkyl halides is 3. The quantitative estimate of drug-likeness (QED) is 0.318. The first kappa shape index (κ1) is 29.8. The van der Waals surface area contributed by atoms with Crippen LogP contribution in [0.1, 0.15) is 64.2 Å². The molecule has 1 unspecified atom stereocenters. The number of fused-ring (bicyclic) bond motifs is 4. The van der Waals surface area contributed by atoms with Gasteiger partial charge in [-0.2, -0.15) is 13.2 Å². The van der Waals surface area contributed by atoms with Crippen molar-refractivity contribution in [1.82, 2.24) is 24.8 Å². The van der Waals surface area contributed by atoms with Gasteiger partial charge in [0.05, 0.1) is 15.9 Å². The van der Waals surface area contributed by atoms with E-state index in [1.54, 1.807) is 31.5 Å². The van der Waals surface area contributed by atoms with Gasteiger partial charge in [-0.15, -0.1) is 5.10 Å². The molecular formula is C27H36F3N7O2S. The van der Waals surface area contributed by atoms with Gasteiger partial charge in [-0.25, -0.2) is 9.67 Å². The zero-order valence-corrected chi connectivity index (χ0v) is 24.2. The lowest BCUT2D eigenvalue weighted by molar-refractivity contribution is -0.219. The molecule has 1 amide bonds. The Labute approximate surface area is 236 Å². The number of aromatic nitrogens is 3. The highest BCUT2D eigenvalue weighted by Gasteiger charge is 2.48. The first-order chi connectivity index (χ1) is 18.7. The van der Waals surface area contributed by atoms with Gasteiger partial charge >= 0.3 is 6.18 Å². The molecule has 0 saturated carbocycles. The maximum absolute atomic E-state index is 13.4. The SMILES string of the molecule is CC(=N)/C1=C\NCCCC2CN(c3nc(-n4ccc(OCC(C)(C)C(F)(F)F)n4)ccc3C(=O)NS1)C(C)(C)C2. The van der Waals surface area contributed by atoms with Gasteiger partial charge in [0.15, 0.2) is 5.82 Å². The average molecular weight is 580 g/mol. The summed E-state index contributed by atoms with van der Waals surface area (Å²) >= 11 is 1.07. The Morgan fingerprint density at radius 2 is 2.02 bits per heavy atom. The van der Waals surface area contributed by atoms with Crippen LogP contribution in [-0.2, 0) is 0 Å². The lowest BCUT2D eigenvalue weighted by Gasteiger charge is -2.34. The Morgan fingerprint density at radius 3 is 2.73 bits per heavy atom. The van der Waals surface area contributed by atoms with Gasteiger partial charge < -0.3 is 20.4 Å². The molecule has 4 rings (SSSR count). The Bertz CT molecular complexity index is 1290. The maximum atomic E-state index is 13.4. The van der Waals surface area contributed by atoms with Crippen LogP contribution in [0.5, 0.6) is 5.88 Å². The third-order valence-corrected chi connectivity index (χ3v) is 8.19. The van der Waals surface area contributed by atoms with Crippen molar-refractivity contribution in [3.05, 3.63) is 41.1 Å². The Morgan fingerprint density at radius 1 is 1.27 bits per heavy atom. The van der Waals surface area contributed by atoms with Crippen molar-refractivity contribution in [2.24, 2.45) is 11.3 Å². The number of amides is 1. The molecule has 218 valence electrons. The van der Waals surface area contributed by atoms with Gasteiger partial charge in [0, 0.05) is 42.8 Å². The molecule has 1 atom stereocenters. The summed E-state index contributed by atoms with van der Waals surface area (Å²) in [4.78, 5) is 21.0. The molecule has 9 nitrogen and oxygen atoms in total. The lowest BCUT2D eigenvalue weighted by Crippen LogP contribution is -2.40. The predicted molar refractivity (Wildman–Crippen MR) is 150 cm³/mol. The van der Waals surface area contributed by atoms with E-state index >= 15 is 0 Å². The van der Waals surface area contributed by atoms with Crippen LogP contribution in [0.15, 0.2) is 35.5 Å². The smallest absolute Gasteiger partial charge is 0.397 e. The van der Waals surface area contributed by atoms with E-state index < -0.39 is 18.2 Å². The van der Waals surface area contributed by atoms with Crippen LogP contribution in [0.25, 0.3) is 5.82 Å². The van der Waals surface area contributed by atoms with E-state index in [1.807, 2.05) is 0 Å². The minimum Gasteiger partial charge on any atom is -0.476 e. The van der Waals surface area contributed by atoms with Crippen LogP contribution in [0.2, 0.25) is 0 Å². The van der Waals surface area contributed by atoms with Gasteiger partial charge in [0.25, 0.3) is 5.91 Å².